The minimum Gasteiger partial charge on any atom is -0.504 e. The van der Waals surface area contributed by atoms with Gasteiger partial charge in [-0.2, -0.15) is 0 Å². The third kappa shape index (κ3) is 13.0. The molecule has 3 fully saturated rings. The maximum atomic E-state index is 14.3. The Balaban J connectivity index is 0.00000261. The van der Waals surface area contributed by atoms with Gasteiger partial charge < -0.3 is 88.5 Å². The molecule has 17 N–H and O–H groups in total. The Morgan fingerprint density at radius 2 is 1.34 bits per heavy atom. The molecule has 0 bridgehead atoms. The summed E-state index contributed by atoms with van der Waals surface area (Å²) in [5.74, 6) is -11.2. The molecule has 3 saturated heterocycles. The maximum Gasteiger partial charge on any atom is 0.425 e. The van der Waals surface area contributed by atoms with Crippen LogP contribution in [0.15, 0.2) is 18.2 Å². The molecule has 7 amide bonds. The van der Waals surface area contributed by atoms with E-state index in [1.807, 2.05) is 5.32 Å². The van der Waals surface area contributed by atoms with Gasteiger partial charge in [0.1, 0.15) is 48.5 Å². The number of aliphatic hydroxyl groups is 7. The van der Waals surface area contributed by atoms with E-state index in [-0.39, 0.29) is 18.5 Å². The number of hydrogen-bond donors (Lipinski definition) is 15. The van der Waals surface area contributed by atoms with Crippen LogP contribution in [0.25, 0.3) is 0 Å². The van der Waals surface area contributed by atoms with Crippen LogP contribution in [0.1, 0.15) is 51.7 Å². The first-order valence-corrected chi connectivity index (χ1v) is 20.6. The smallest absolute Gasteiger partial charge is 0.425 e. The Labute approximate surface area is 365 Å². The molecule has 0 radical (unpaired) electrons. The SMILES string of the molecule is C[C@@H]1C[C@H]2C(=O)N[C@@H]([C@H](O)[C@@H](O)c3ccc(O)c(O)c3)C(=O)N[C@@H]([C@H](O)CC(N)=O)C(=O)N3C[C@H](C)[C@H](O)[C@H]3C(=O)N[C@H](O)[C@H](O)C[C@H](N)C(=O)N[C@@H]([C@@H](C)O)C(=O)N2C1.O=S(=O)=O. The van der Waals surface area contributed by atoms with E-state index in [0.29, 0.717) is 4.90 Å². The van der Waals surface area contributed by atoms with Crippen molar-refractivity contribution in [3.05, 3.63) is 23.8 Å². The summed E-state index contributed by atoms with van der Waals surface area (Å²) >= 11 is 0. The lowest BCUT2D eigenvalue weighted by Crippen LogP contribution is -2.64. The number of phenols is 2. The molecular formula is C36H54N8O19S. The highest BCUT2D eigenvalue weighted by atomic mass is 32.2. The summed E-state index contributed by atoms with van der Waals surface area (Å²) < 4.78 is 25.3. The Kier molecular flexibility index (Phi) is 18.4. The number of fused-ring (bicyclic) bond motifs is 2. The van der Waals surface area contributed by atoms with Crippen LogP contribution in [0, 0.1) is 11.8 Å². The van der Waals surface area contributed by atoms with Gasteiger partial charge in [-0.1, -0.05) is 19.9 Å². The van der Waals surface area contributed by atoms with E-state index in [9.17, 15) is 79.5 Å². The molecule has 0 aromatic heterocycles. The van der Waals surface area contributed by atoms with Crippen LogP contribution in [-0.2, 0) is 44.2 Å². The van der Waals surface area contributed by atoms with Crippen molar-refractivity contribution in [3.8, 4) is 11.5 Å². The van der Waals surface area contributed by atoms with E-state index >= 15 is 0 Å². The van der Waals surface area contributed by atoms with Crippen LogP contribution < -0.4 is 32.7 Å². The highest BCUT2D eigenvalue weighted by Gasteiger charge is 2.50. The number of nitrogens with zero attached hydrogens (tertiary/aromatic N) is 2. The molecule has 1 aromatic rings. The van der Waals surface area contributed by atoms with Crippen LogP contribution in [0.4, 0.5) is 0 Å². The molecule has 27 nitrogen and oxygen atoms in total. The Morgan fingerprint density at radius 1 is 0.781 bits per heavy atom. The fraction of sp³-hybridized carbons (Fsp3) is 0.639. The lowest BCUT2D eigenvalue weighted by Gasteiger charge is -2.34. The quantitative estimate of drug-likeness (QED) is 0.113. The zero-order chi connectivity index (χ0) is 48.7. The van der Waals surface area contributed by atoms with E-state index in [4.69, 9.17) is 24.1 Å². The van der Waals surface area contributed by atoms with Crippen LogP contribution in [0.5, 0.6) is 11.5 Å². The standard InChI is InChI=1S/C36H54N8O16.O3S/c1-12-6-17-31(55)41-25(29(53)28(52)15-4-5-18(46)19(47)7-15)33(57)40-24(20(48)9-22(38)50)36(60)44-11-13(2)27(51)26(44)34(58)42-32(56)21(49)8-16(37)30(54)39-23(14(3)45)35(59)43(17)10-12;1-4(2)3/h4-5,7,12-14,16-17,20-21,23-29,32,45-49,51-53,56H,6,8-11,37H2,1-3H3,(H2,38,50)(H,39,54)(H,40,57)(H,41,55)(H,42,58);/t12-,13+,14-,16+,17+,20-,21-,23+,24+,25+,26+,27+,28+,29+,32-;/m1./s1. The van der Waals surface area contributed by atoms with Crippen molar-refractivity contribution in [2.75, 3.05) is 13.1 Å². The Morgan fingerprint density at radius 3 is 1.91 bits per heavy atom. The number of aliphatic hydroxyl groups excluding tert-OH is 7. The van der Waals surface area contributed by atoms with E-state index in [1.54, 1.807) is 6.92 Å². The summed E-state index contributed by atoms with van der Waals surface area (Å²) in [5.41, 5.74) is 10.9. The minimum absolute atomic E-state index is 0.0865. The maximum absolute atomic E-state index is 14.3. The van der Waals surface area contributed by atoms with E-state index in [2.05, 4.69) is 16.0 Å². The second kappa shape index (κ2) is 22.3. The Bertz CT molecular complexity index is 2020. The third-order valence-electron chi connectivity index (χ3n) is 10.9. The number of rotatable bonds is 7. The van der Waals surface area contributed by atoms with Gasteiger partial charge in [0.05, 0.1) is 30.8 Å². The second-order valence-electron chi connectivity index (χ2n) is 15.9. The van der Waals surface area contributed by atoms with Gasteiger partial charge >= 0.3 is 10.6 Å². The van der Waals surface area contributed by atoms with Gasteiger partial charge in [0, 0.05) is 25.4 Å². The number of hydrogen-bond acceptors (Lipinski definition) is 20. The lowest BCUT2D eigenvalue weighted by molar-refractivity contribution is -0.149. The summed E-state index contributed by atoms with van der Waals surface area (Å²) in [4.78, 5) is 97.0. The number of nitrogens with one attached hydrogen (secondary N) is 4. The number of amides is 7. The van der Waals surface area contributed by atoms with Crippen molar-refractivity contribution in [2.45, 2.75) is 119 Å². The number of nitrogens with two attached hydrogens (primary N) is 2. The number of carbonyl (C=O) groups is 7. The van der Waals surface area contributed by atoms with Gasteiger partial charge in [-0.25, -0.2) is 0 Å². The van der Waals surface area contributed by atoms with Gasteiger partial charge in [0.15, 0.2) is 17.7 Å². The van der Waals surface area contributed by atoms with Crippen LogP contribution in [-0.4, -0.2) is 196 Å². The van der Waals surface area contributed by atoms with Crippen molar-refractivity contribution in [1.29, 1.82) is 0 Å². The number of benzene rings is 1. The first kappa shape index (κ1) is 52.8. The number of carbonyl (C=O) groups excluding carboxylic acids is 7. The topological polar surface area (TPSA) is 459 Å². The molecule has 0 spiro atoms. The first-order chi connectivity index (χ1) is 29.7. The highest BCUT2D eigenvalue weighted by Crippen LogP contribution is 2.31. The summed E-state index contributed by atoms with van der Waals surface area (Å²) in [5, 5.41) is 105. The summed E-state index contributed by atoms with van der Waals surface area (Å²) in [6.07, 6.45) is -16.0. The zero-order valence-corrected chi connectivity index (χ0v) is 35.3. The number of aromatic hydroxyl groups is 2. The summed E-state index contributed by atoms with van der Waals surface area (Å²) in [6, 6.07) is -8.55. The van der Waals surface area contributed by atoms with Crippen LogP contribution >= 0.6 is 0 Å². The molecule has 3 aliphatic heterocycles. The highest BCUT2D eigenvalue weighted by molar-refractivity contribution is 7.59. The Hall–Kier alpha value is -5.59. The van der Waals surface area contributed by atoms with Crippen molar-refractivity contribution >= 4 is 52.0 Å². The minimum atomic E-state index is -3.11. The van der Waals surface area contributed by atoms with Gasteiger partial charge in [0.2, 0.25) is 41.4 Å². The van der Waals surface area contributed by atoms with Crippen LogP contribution in [0.2, 0.25) is 0 Å². The second-order valence-corrected chi connectivity index (χ2v) is 16.3. The average Bonchev–Trinajstić information content (AvgIpc) is 3.74. The molecule has 64 heavy (non-hydrogen) atoms. The van der Waals surface area contributed by atoms with Crippen LogP contribution in [0.3, 0.4) is 0 Å². The van der Waals surface area contributed by atoms with Gasteiger partial charge in [-0.05, 0) is 37.0 Å². The van der Waals surface area contributed by atoms with Gasteiger partial charge in [-0.15, -0.1) is 12.6 Å². The predicted octanol–water partition coefficient (Wildman–Crippen LogP) is -8.47. The van der Waals surface area contributed by atoms with Gasteiger partial charge in [0.25, 0.3) is 0 Å². The molecule has 358 valence electrons. The lowest BCUT2D eigenvalue weighted by atomic mass is 9.96. The summed E-state index contributed by atoms with van der Waals surface area (Å²) in [7, 11) is -3.11. The average molecular weight is 935 g/mol. The van der Waals surface area contributed by atoms with Crippen molar-refractivity contribution in [3.63, 3.8) is 0 Å². The molecule has 0 unspecified atom stereocenters. The molecule has 0 saturated carbocycles. The van der Waals surface area contributed by atoms with E-state index in [1.165, 1.54) is 6.92 Å². The first-order valence-electron chi connectivity index (χ1n) is 19.6. The summed E-state index contributed by atoms with van der Waals surface area (Å²) in [6.45, 7) is 3.63. The predicted molar refractivity (Wildman–Crippen MR) is 210 cm³/mol. The third-order valence-corrected chi connectivity index (χ3v) is 10.9. The van der Waals surface area contributed by atoms with Crippen molar-refractivity contribution in [1.82, 2.24) is 31.1 Å². The number of phenolic OH excluding ortho intramolecular Hbond substituents is 2. The molecule has 4 rings (SSSR count). The number of primary amides is 1. The fourth-order valence-corrected chi connectivity index (χ4v) is 7.47. The van der Waals surface area contributed by atoms with Crippen molar-refractivity contribution in [2.24, 2.45) is 23.3 Å². The molecular weight excluding hydrogens is 880 g/mol. The molecule has 3 aliphatic rings. The molecule has 15 atom stereocenters. The molecule has 3 heterocycles. The molecule has 0 aliphatic carbocycles. The molecule has 28 heteroatoms. The largest absolute Gasteiger partial charge is 0.504 e. The molecule has 1 aromatic carbocycles. The normalized spacial score (nSPS) is 31.8. The van der Waals surface area contributed by atoms with Gasteiger partial charge in [-0.3, -0.25) is 33.6 Å². The van der Waals surface area contributed by atoms with E-state index in [0.717, 1.165) is 30.0 Å². The zero-order valence-electron chi connectivity index (χ0n) is 34.5. The fourth-order valence-electron chi connectivity index (χ4n) is 7.47. The van der Waals surface area contributed by atoms with E-state index < -0.39 is 174 Å². The monoisotopic (exact) mass is 934 g/mol. The van der Waals surface area contributed by atoms with Crippen molar-refractivity contribution < 1.29 is 92.1 Å².